The Morgan fingerprint density at radius 3 is 2.20 bits per heavy atom. The van der Waals surface area contributed by atoms with E-state index in [4.69, 9.17) is 11.0 Å². The van der Waals surface area contributed by atoms with E-state index in [0.29, 0.717) is 6.42 Å². The Balaban J connectivity index is 0. The first-order valence-electron chi connectivity index (χ1n) is 3.99. The predicted octanol–water partition coefficient (Wildman–Crippen LogP) is 2.06. The van der Waals surface area contributed by atoms with Gasteiger partial charge in [-0.25, -0.2) is 0 Å². The topological polar surface area (TPSA) is 49.8 Å². The number of nitrogens with zero attached hydrogens (tertiary/aromatic N) is 1. The molecule has 0 radical (unpaired) electrons. The van der Waals surface area contributed by atoms with Crippen molar-refractivity contribution >= 4 is 0 Å². The quantitative estimate of drug-likeness (QED) is 0.611. The molecule has 0 aliphatic heterocycles. The average Bonchev–Trinajstić information content (AvgIpc) is 2.02. The van der Waals surface area contributed by atoms with E-state index in [1.807, 2.05) is 13.8 Å². The van der Waals surface area contributed by atoms with Gasteiger partial charge in [0.15, 0.2) is 0 Å². The highest BCUT2D eigenvalue weighted by atomic mass is 14.5. The molecule has 0 spiro atoms. The van der Waals surface area contributed by atoms with Crippen LogP contribution in [0.1, 0.15) is 39.5 Å². The minimum Gasteiger partial charge on any atom is -0.330 e. The maximum absolute atomic E-state index is 8.08. The number of hydrogen-bond acceptors (Lipinski definition) is 2. The summed E-state index contributed by atoms with van der Waals surface area (Å²) in [6.45, 7) is 4.76. The highest BCUT2D eigenvalue weighted by Crippen LogP contribution is 1.95. The van der Waals surface area contributed by atoms with Crippen LogP contribution in [0, 0.1) is 11.3 Å². The van der Waals surface area contributed by atoms with Crippen LogP contribution in [0.25, 0.3) is 0 Å². The van der Waals surface area contributed by atoms with E-state index in [2.05, 4.69) is 6.07 Å². The van der Waals surface area contributed by atoms with Crippen molar-refractivity contribution in [1.82, 2.24) is 0 Å². The molecule has 0 bridgehead atoms. The van der Waals surface area contributed by atoms with Crippen molar-refractivity contribution in [2.24, 2.45) is 5.73 Å². The number of nitriles is 1. The summed E-state index contributed by atoms with van der Waals surface area (Å²) in [6, 6.07) is 2.09. The molecule has 2 N–H and O–H groups in total. The summed E-state index contributed by atoms with van der Waals surface area (Å²) >= 11 is 0. The van der Waals surface area contributed by atoms with E-state index >= 15 is 0 Å². The van der Waals surface area contributed by atoms with Crippen molar-refractivity contribution in [3.05, 3.63) is 0 Å². The van der Waals surface area contributed by atoms with Gasteiger partial charge in [-0.3, -0.25) is 0 Å². The van der Waals surface area contributed by atoms with Crippen LogP contribution in [-0.2, 0) is 0 Å². The molecule has 2 nitrogen and oxygen atoms in total. The molecule has 0 heterocycles. The second kappa shape index (κ2) is 15.8. The van der Waals surface area contributed by atoms with E-state index in [9.17, 15) is 0 Å². The lowest BCUT2D eigenvalue weighted by molar-refractivity contribution is 0.699. The van der Waals surface area contributed by atoms with E-state index in [1.54, 1.807) is 0 Å². The Hall–Kier alpha value is -0.550. The Morgan fingerprint density at radius 2 is 1.80 bits per heavy atom. The molecule has 0 unspecified atom stereocenters. The molecule has 0 saturated heterocycles. The molecule has 0 aromatic carbocycles. The third-order valence-corrected chi connectivity index (χ3v) is 0.993. The van der Waals surface area contributed by atoms with E-state index in [0.717, 1.165) is 25.8 Å². The summed E-state index contributed by atoms with van der Waals surface area (Å²) < 4.78 is 0. The lowest BCUT2D eigenvalue weighted by atomic mass is 10.2. The zero-order valence-corrected chi connectivity index (χ0v) is 7.06. The van der Waals surface area contributed by atoms with Crippen LogP contribution in [0.4, 0.5) is 0 Å². The smallest absolute Gasteiger partial charge is 0.0621 e. The van der Waals surface area contributed by atoms with Gasteiger partial charge in [0.1, 0.15) is 0 Å². The predicted molar refractivity (Wildman–Crippen MR) is 44.5 cm³/mol. The van der Waals surface area contributed by atoms with Crippen molar-refractivity contribution in [2.75, 3.05) is 6.54 Å². The zero-order valence-electron chi connectivity index (χ0n) is 7.06. The molecule has 10 heavy (non-hydrogen) atoms. The summed E-state index contributed by atoms with van der Waals surface area (Å²) in [7, 11) is 0. The van der Waals surface area contributed by atoms with Gasteiger partial charge in [0.05, 0.1) is 6.07 Å². The van der Waals surface area contributed by atoms with Crippen LogP contribution >= 0.6 is 0 Å². The second-order valence-electron chi connectivity index (χ2n) is 1.76. The Morgan fingerprint density at radius 1 is 1.20 bits per heavy atom. The summed E-state index contributed by atoms with van der Waals surface area (Å²) in [5.41, 5.74) is 5.23. The largest absolute Gasteiger partial charge is 0.330 e. The molecule has 60 valence electrons. The average molecular weight is 142 g/mol. The molecule has 0 rings (SSSR count). The fourth-order valence-electron chi connectivity index (χ4n) is 0.525. The van der Waals surface area contributed by atoms with Crippen molar-refractivity contribution in [2.45, 2.75) is 39.5 Å². The first-order valence-corrected chi connectivity index (χ1v) is 3.99. The molecule has 0 atom stereocenters. The number of unbranched alkanes of at least 4 members (excludes halogenated alkanes) is 3. The maximum Gasteiger partial charge on any atom is 0.0621 e. The Bertz CT molecular complexity index is 73.8. The minimum absolute atomic E-state index is 0.681. The van der Waals surface area contributed by atoms with Crippen LogP contribution in [0.15, 0.2) is 0 Å². The molecule has 0 aliphatic carbocycles. The first kappa shape index (κ1) is 12.2. The van der Waals surface area contributed by atoms with Crippen molar-refractivity contribution < 1.29 is 0 Å². The Labute approximate surface area is 64.0 Å². The zero-order chi connectivity index (χ0) is 8.24. The normalized spacial score (nSPS) is 7.40. The molecule has 0 aromatic rings. The summed E-state index contributed by atoms with van der Waals surface area (Å²) in [5.74, 6) is 0. The third kappa shape index (κ3) is 15.7. The van der Waals surface area contributed by atoms with Gasteiger partial charge in [0, 0.05) is 6.42 Å². The lowest BCUT2D eigenvalue weighted by Gasteiger charge is -1.89. The maximum atomic E-state index is 8.08. The Kier molecular flexibility index (Phi) is 19.2. The number of nitrogens with two attached hydrogens (primary N) is 1. The number of hydrogen-bond donors (Lipinski definition) is 1. The van der Waals surface area contributed by atoms with Crippen LogP contribution in [0.3, 0.4) is 0 Å². The molecule has 0 fully saturated rings. The highest BCUT2D eigenvalue weighted by molar-refractivity contribution is 4.67. The fraction of sp³-hybridized carbons (Fsp3) is 0.875. The van der Waals surface area contributed by atoms with E-state index < -0.39 is 0 Å². The van der Waals surface area contributed by atoms with Gasteiger partial charge in [-0.05, 0) is 19.4 Å². The van der Waals surface area contributed by atoms with Gasteiger partial charge in [-0.2, -0.15) is 5.26 Å². The van der Waals surface area contributed by atoms with Gasteiger partial charge >= 0.3 is 0 Å². The standard InChI is InChI=1S/C6H12N2.C2H6/c7-5-3-1-2-4-6-8;1-2/h1-5,7H2;1-2H3. The molecule has 0 aromatic heterocycles. The SMILES string of the molecule is CC.N#CCCCCCN. The van der Waals surface area contributed by atoms with Gasteiger partial charge < -0.3 is 5.73 Å². The molecule has 2 heteroatoms. The van der Waals surface area contributed by atoms with Gasteiger partial charge in [0.2, 0.25) is 0 Å². The van der Waals surface area contributed by atoms with Crippen molar-refractivity contribution in [1.29, 1.82) is 5.26 Å². The molecule has 0 saturated carbocycles. The number of rotatable bonds is 4. The minimum atomic E-state index is 0.681. The van der Waals surface area contributed by atoms with Crippen LogP contribution in [0.2, 0.25) is 0 Å². The molecule has 0 amide bonds. The van der Waals surface area contributed by atoms with E-state index in [-0.39, 0.29) is 0 Å². The summed E-state index contributed by atoms with van der Waals surface area (Å²) in [5, 5.41) is 8.08. The first-order chi connectivity index (χ1) is 4.91. The third-order valence-electron chi connectivity index (χ3n) is 0.993. The van der Waals surface area contributed by atoms with Crippen LogP contribution in [-0.4, -0.2) is 6.54 Å². The second-order valence-corrected chi connectivity index (χ2v) is 1.76. The fourth-order valence-corrected chi connectivity index (χ4v) is 0.525. The monoisotopic (exact) mass is 142 g/mol. The molecule has 0 aliphatic rings. The van der Waals surface area contributed by atoms with Crippen LogP contribution in [0.5, 0.6) is 0 Å². The van der Waals surface area contributed by atoms with Crippen LogP contribution < -0.4 is 5.73 Å². The van der Waals surface area contributed by atoms with Gasteiger partial charge in [-0.15, -0.1) is 0 Å². The van der Waals surface area contributed by atoms with Crippen molar-refractivity contribution in [3.8, 4) is 6.07 Å². The summed E-state index contributed by atoms with van der Waals surface area (Å²) in [4.78, 5) is 0. The van der Waals surface area contributed by atoms with Gasteiger partial charge in [-0.1, -0.05) is 20.3 Å². The molecular weight excluding hydrogens is 124 g/mol. The summed E-state index contributed by atoms with van der Waals surface area (Å²) in [6.07, 6.45) is 3.85. The lowest BCUT2D eigenvalue weighted by Crippen LogP contribution is -1.97. The molecular formula is C8H18N2. The van der Waals surface area contributed by atoms with Crippen molar-refractivity contribution in [3.63, 3.8) is 0 Å². The van der Waals surface area contributed by atoms with E-state index in [1.165, 1.54) is 0 Å². The highest BCUT2D eigenvalue weighted by Gasteiger charge is 1.83. The van der Waals surface area contributed by atoms with Gasteiger partial charge in [0.25, 0.3) is 0 Å².